The smallest absolute Gasteiger partial charge is 0.244 e. The number of nitrogens with zero attached hydrogens (tertiary/aromatic N) is 3. The molecular weight excluding hydrogens is 286 g/mol. The van der Waals surface area contributed by atoms with E-state index in [1.54, 1.807) is 11.8 Å². The number of rotatable bonds is 7. The number of hydrogen-bond acceptors (Lipinski definition) is 5. The van der Waals surface area contributed by atoms with Gasteiger partial charge in [-0.25, -0.2) is 0 Å². The maximum atomic E-state index is 4.46. The zero-order chi connectivity index (χ0) is 15.7. The summed E-state index contributed by atoms with van der Waals surface area (Å²) >= 11 is 0. The van der Waals surface area contributed by atoms with Crippen LogP contribution in [0.5, 0.6) is 0 Å². The highest BCUT2D eigenvalue weighted by atomic mass is 15.3. The maximum absolute atomic E-state index is 4.46. The molecule has 0 bridgehead atoms. The molecule has 5 heteroatoms. The average molecular weight is 309 g/mol. The van der Waals surface area contributed by atoms with E-state index in [0.29, 0.717) is 5.95 Å². The molecule has 0 saturated heterocycles. The second-order valence-corrected chi connectivity index (χ2v) is 5.79. The van der Waals surface area contributed by atoms with Gasteiger partial charge < -0.3 is 10.6 Å². The number of allylic oxidation sites excluding steroid dienone is 1. The van der Waals surface area contributed by atoms with Gasteiger partial charge in [0, 0.05) is 13.1 Å². The number of anilines is 2. The third-order valence-electron chi connectivity index (χ3n) is 3.99. The Hall–Kier alpha value is -2.43. The minimum atomic E-state index is 0.583. The minimum Gasteiger partial charge on any atom is -0.365 e. The van der Waals surface area contributed by atoms with Crippen LogP contribution >= 0.6 is 0 Å². The van der Waals surface area contributed by atoms with Gasteiger partial charge in [-0.3, -0.25) is 0 Å². The van der Waals surface area contributed by atoms with E-state index in [2.05, 4.69) is 44.0 Å². The first-order chi connectivity index (χ1) is 11.4. The van der Waals surface area contributed by atoms with Crippen molar-refractivity contribution in [2.24, 2.45) is 0 Å². The molecular formula is C18H23N5. The van der Waals surface area contributed by atoms with Crippen molar-refractivity contribution < 1.29 is 0 Å². The topological polar surface area (TPSA) is 62.7 Å². The number of aromatic nitrogens is 3. The highest BCUT2D eigenvalue weighted by Crippen LogP contribution is 2.19. The Kier molecular flexibility index (Phi) is 5.56. The Bertz CT molecular complexity index is 639. The molecule has 120 valence electrons. The van der Waals surface area contributed by atoms with Crippen molar-refractivity contribution in [2.45, 2.75) is 38.6 Å². The van der Waals surface area contributed by atoms with Gasteiger partial charge in [-0.2, -0.15) is 10.1 Å². The standard InChI is InChI=1S/C18H23N5/c1-3-7-15(8-4-1)11-12-19-18-22-17(14-21-23-18)20-13-16-9-5-2-6-10-16/h2,5-7,9-10,14H,1,3-4,8,11-13H2,(H2,19,20,22,23). The molecule has 5 nitrogen and oxygen atoms in total. The summed E-state index contributed by atoms with van der Waals surface area (Å²) in [4.78, 5) is 4.46. The summed E-state index contributed by atoms with van der Waals surface area (Å²) in [6.45, 7) is 1.58. The molecule has 0 aliphatic heterocycles. The fourth-order valence-corrected chi connectivity index (χ4v) is 2.72. The summed E-state index contributed by atoms with van der Waals surface area (Å²) in [6.07, 6.45) is 10.2. The van der Waals surface area contributed by atoms with Crippen molar-refractivity contribution in [1.82, 2.24) is 15.2 Å². The maximum Gasteiger partial charge on any atom is 0.244 e. The molecule has 1 aromatic heterocycles. The SMILES string of the molecule is C1=C(CCNc2nncc(NCc3ccccc3)n2)CCCC1. The quantitative estimate of drug-likeness (QED) is 0.762. The third-order valence-corrected chi connectivity index (χ3v) is 3.99. The second-order valence-electron chi connectivity index (χ2n) is 5.79. The molecule has 0 radical (unpaired) electrons. The number of nitrogens with one attached hydrogen (secondary N) is 2. The van der Waals surface area contributed by atoms with Crippen LogP contribution in [0.25, 0.3) is 0 Å². The first-order valence-electron chi connectivity index (χ1n) is 8.29. The van der Waals surface area contributed by atoms with Gasteiger partial charge in [-0.1, -0.05) is 42.0 Å². The average Bonchev–Trinajstić information content (AvgIpc) is 2.62. The molecule has 0 atom stereocenters. The van der Waals surface area contributed by atoms with Crippen molar-refractivity contribution in [3.05, 3.63) is 53.7 Å². The molecule has 2 aromatic rings. The molecule has 0 spiro atoms. The van der Waals surface area contributed by atoms with Crippen LogP contribution in [0.1, 0.15) is 37.7 Å². The monoisotopic (exact) mass is 309 g/mol. The Morgan fingerprint density at radius 1 is 1.04 bits per heavy atom. The lowest BCUT2D eigenvalue weighted by Gasteiger charge is -2.13. The highest BCUT2D eigenvalue weighted by Gasteiger charge is 2.04. The Morgan fingerprint density at radius 3 is 2.78 bits per heavy atom. The zero-order valence-electron chi connectivity index (χ0n) is 13.3. The lowest BCUT2D eigenvalue weighted by atomic mass is 9.97. The van der Waals surface area contributed by atoms with Crippen LogP contribution in [-0.4, -0.2) is 21.7 Å². The minimum absolute atomic E-state index is 0.583. The van der Waals surface area contributed by atoms with Gasteiger partial charge in [0.05, 0.1) is 6.20 Å². The van der Waals surface area contributed by atoms with Crippen molar-refractivity contribution in [2.75, 3.05) is 17.2 Å². The first-order valence-corrected chi connectivity index (χ1v) is 8.29. The second kappa shape index (κ2) is 8.27. The summed E-state index contributed by atoms with van der Waals surface area (Å²) in [7, 11) is 0. The van der Waals surface area contributed by atoms with Crippen LogP contribution < -0.4 is 10.6 Å². The van der Waals surface area contributed by atoms with Crippen LogP contribution in [0.2, 0.25) is 0 Å². The molecule has 3 rings (SSSR count). The van der Waals surface area contributed by atoms with E-state index in [4.69, 9.17) is 0 Å². The van der Waals surface area contributed by atoms with Crippen LogP contribution in [0.3, 0.4) is 0 Å². The van der Waals surface area contributed by atoms with Gasteiger partial charge >= 0.3 is 0 Å². The largest absolute Gasteiger partial charge is 0.365 e. The van der Waals surface area contributed by atoms with E-state index < -0.39 is 0 Å². The van der Waals surface area contributed by atoms with Crippen molar-refractivity contribution in [3.63, 3.8) is 0 Å². The van der Waals surface area contributed by atoms with Crippen molar-refractivity contribution in [1.29, 1.82) is 0 Å². The summed E-state index contributed by atoms with van der Waals surface area (Å²) in [6, 6.07) is 10.2. The van der Waals surface area contributed by atoms with Gasteiger partial charge in [0.2, 0.25) is 5.95 Å². The molecule has 0 amide bonds. The number of hydrogen-bond donors (Lipinski definition) is 2. The van der Waals surface area contributed by atoms with Crippen molar-refractivity contribution in [3.8, 4) is 0 Å². The van der Waals surface area contributed by atoms with E-state index in [9.17, 15) is 0 Å². The summed E-state index contributed by atoms with van der Waals surface area (Å²) < 4.78 is 0. The zero-order valence-corrected chi connectivity index (χ0v) is 13.3. The lowest BCUT2D eigenvalue weighted by Crippen LogP contribution is -2.10. The molecule has 23 heavy (non-hydrogen) atoms. The van der Waals surface area contributed by atoms with Gasteiger partial charge in [0.15, 0.2) is 5.82 Å². The summed E-state index contributed by atoms with van der Waals surface area (Å²) in [5.74, 6) is 1.32. The van der Waals surface area contributed by atoms with Crippen LogP contribution in [-0.2, 0) is 6.54 Å². The highest BCUT2D eigenvalue weighted by molar-refractivity contribution is 5.38. The molecule has 0 saturated carbocycles. The fraction of sp³-hybridized carbons (Fsp3) is 0.389. The summed E-state index contributed by atoms with van der Waals surface area (Å²) in [5, 5.41) is 14.6. The Labute approximate surface area is 137 Å². The molecule has 0 unspecified atom stereocenters. The Morgan fingerprint density at radius 2 is 1.96 bits per heavy atom. The van der Waals surface area contributed by atoms with Gasteiger partial charge in [-0.05, 0) is 37.7 Å². The van der Waals surface area contributed by atoms with E-state index in [-0.39, 0.29) is 0 Å². The van der Waals surface area contributed by atoms with Crippen LogP contribution in [0.15, 0.2) is 48.2 Å². The first kappa shape index (κ1) is 15.5. The van der Waals surface area contributed by atoms with Crippen molar-refractivity contribution >= 4 is 11.8 Å². The van der Waals surface area contributed by atoms with E-state index in [1.807, 2.05) is 18.2 Å². The number of benzene rings is 1. The normalized spacial score (nSPS) is 14.2. The Balaban J connectivity index is 1.48. The lowest BCUT2D eigenvalue weighted by molar-refractivity contribution is 0.678. The van der Waals surface area contributed by atoms with E-state index in [1.165, 1.54) is 31.2 Å². The third kappa shape index (κ3) is 5.06. The summed E-state index contributed by atoms with van der Waals surface area (Å²) in [5.41, 5.74) is 2.76. The van der Waals surface area contributed by atoms with E-state index >= 15 is 0 Å². The molecule has 2 N–H and O–H groups in total. The predicted molar refractivity (Wildman–Crippen MR) is 93.3 cm³/mol. The van der Waals surface area contributed by atoms with Gasteiger partial charge in [-0.15, -0.1) is 5.10 Å². The van der Waals surface area contributed by atoms with Crippen LogP contribution in [0.4, 0.5) is 11.8 Å². The van der Waals surface area contributed by atoms with Gasteiger partial charge in [0.25, 0.3) is 0 Å². The molecule has 0 fully saturated rings. The molecule has 1 heterocycles. The van der Waals surface area contributed by atoms with E-state index in [0.717, 1.165) is 25.3 Å². The molecule has 1 aliphatic rings. The van der Waals surface area contributed by atoms with Crippen LogP contribution in [0, 0.1) is 0 Å². The molecule has 1 aromatic carbocycles. The predicted octanol–water partition coefficient (Wildman–Crippen LogP) is 3.79. The van der Waals surface area contributed by atoms with Gasteiger partial charge in [0.1, 0.15) is 0 Å². The fourth-order valence-electron chi connectivity index (χ4n) is 2.72. The molecule has 1 aliphatic carbocycles.